The quantitative estimate of drug-likeness (QED) is 0.826. The van der Waals surface area contributed by atoms with Crippen molar-refractivity contribution in [3.8, 4) is 17.1 Å². The highest BCUT2D eigenvalue weighted by molar-refractivity contribution is 5.95. The Kier molecular flexibility index (Phi) is 5.51. The number of phenolic OH excluding ortho intramolecular Hbond substituents is 1. The van der Waals surface area contributed by atoms with Gasteiger partial charge in [0.05, 0.1) is 12.2 Å². The number of esters is 1. The van der Waals surface area contributed by atoms with Gasteiger partial charge in [-0.2, -0.15) is 0 Å². The maximum Gasteiger partial charge on any atom is 0.343 e. The number of ether oxygens (including phenoxy) is 1. The molecule has 1 aromatic carbocycles. The molecule has 0 amide bonds. The Hall–Kier alpha value is -2.63. The van der Waals surface area contributed by atoms with Crippen molar-refractivity contribution in [1.29, 1.82) is 0 Å². The highest BCUT2D eigenvalue weighted by atomic mass is 16.5. The van der Waals surface area contributed by atoms with E-state index < -0.39 is 5.97 Å². The van der Waals surface area contributed by atoms with Crippen LogP contribution in [0.25, 0.3) is 11.4 Å². The SMILES string of the molecule is CCOC(=O)c1cnc(-c2ccccc2O)nc1N(CC)CC. The molecule has 6 heteroatoms. The van der Waals surface area contributed by atoms with Crippen molar-refractivity contribution in [2.45, 2.75) is 20.8 Å². The molecule has 6 nitrogen and oxygen atoms in total. The summed E-state index contributed by atoms with van der Waals surface area (Å²) in [5, 5.41) is 9.99. The molecule has 0 spiro atoms. The highest BCUT2D eigenvalue weighted by Crippen LogP contribution is 2.28. The van der Waals surface area contributed by atoms with Gasteiger partial charge in [0, 0.05) is 19.3 Å². The van der Waals surface area contributed by atoms with Gasteiger partial charge in [0.25, 0.3) is 0 Å². The van der Waals surface area contributed by atoms with E-state index in [2.05, 4.69) is 9.97 Å². The van der Waals surface area contributed by atoms with Crippen molar-refractivity contribution in [2.75, 3.05) is 24.6 Å². The van der Waals surface area contributed by atoms with Crippen LogP contribution in [0.5, 0.6) is 5.75 Å². The number of phenols is 1. The van der Waals surface area contributed by atoms with Gasteiger partial charge in [0.1, 0.15) is 17.1 Å². The van der Waals surface area contributed by atoms with Crippen LogP contribution < -0.4 is 4.90 Å². The molecule has 0 aliphatic carbocycles. The molecule has 0 unspecified atom stereocenters. The molecule has 0 bridgehead atoms. The predicted octanol–water partition coefficient (Wildman–Crippen LogP) is 2.87. The van der Waals surface area contributed by atoms with Gasteiger partial charge in [-0.15, -0.1) is 0 Å². The molecule has 2 rings (SSSR count). The second-order valence-electron chi connectivity index (χ2n) is 4.84. The second kappa shape index (κ2) is 7.58. The summed E-state index contributed by atoms with van der Waals surface area (Å²) in [5.41, 5.74) is 0.853. The molecule has 0 aliphatic rings. The van der Waals surface area contributed by atoms with E-state index in [0.717, 1.165) is 0 Å². The average Bonchev–Trinajstić information content (AvgIpc) is 2.56. The first kappa shape index (κ1) is 16.7. The van der Waals surface area contributed by atoms with Crippen LogP contribution >= 0.6 is 0 Å². The second-order valence-corrected chi connectivity index (χ2v) is 4.84. The number of benzene rings is 1. The number of carbonyl (C=O) groups is 1. The predicted molar refractivity (Wildman–Crippen MR) is 88.7 cm³/mol. The summed E-state index contributed by atoms with van der Waals surface area (Å²) >= 11 is 0. The minimum absolute atomic E-state index is 0.0990. The minimum atomic E-state index is -0.446. The molecular formula is C17H21N3O3. The lowest BCUT2D eigenvalue weighted by atomic mass is 10.2. The Morgan fingerprint density at radius 1 is 1.22 bits per heavy atom. The fourth-order valence-corrected chi connectivity index (χ4v) is 2.28. The molecule has 23 heavy (non-hydrogen) atoms. The van der Waals surface area contributed by atoms with Crippen LogP contribution in [-0.2, 0) is 4.74 Å². The monoisotopic (exact) mass is 315 g/mol. The lowest BCUT2D eigenvalue weighted by molar-refractivity contribution is 0.0526. The first-order valence-corrected chi connectivity index (χ1v) is 7.69. The standard InChI is InChI=1S/C17H21N3O3/c1-4-20(5-2)16-13(17(22)23-6-3)11-18-15(19-16)12-9-7-8-10-14(12)21/h7-11,21H,4-6H2,1-3H3. The Morgan fingerprint density at radius 2 is 1.91 bits per heavy atom. The fourth-order valence-electron chi connectivity index (χ4n) is 2.28. The van der Waals surface area contributed by atoms with Crippen LogP contribution in [0.1, 0.15) is 31.1 Å². The highest BCUT2D eigenvalue weighted by Gasteiger charge is 2.20. The smallest absolute Gasteiger partial charge is 0.343 e. The zero-order valence-corrected chi connectivity index (χ0v) is 13.6. The largest absolute Gasteiger partial charge is 0.507 e. The van der Waals surface area contributed by atoms with Crippen LogP contribution in [0.2, 0.25) is 0 Å². The molecule has 2 aromatic rings. The Labute approximate surface area is 135 Å². The molecule has 122 valence electrons. The van der Waals surface area contributed by atoms with Crippen molar-refractivity contribution in [1.82, 2.24) is 9.97 Å². The van der Waals surface area contributed by atoms with E-state index in [9.17, 15) is 9.90 Å². The number of aromatic nitrogens is 2. The summed E-state index contributed by atoms with van der Waals surface area (Å²) in [7, 11) is 0. The lowest BCUT2D eigenvalue weighted by Gasteiger charge is -2.22. The van der Waals surface area contributed by atoms with Crippen LogP contribution in [-0.4, -0.2) is 40.7 Å². The topological polar surface area (TPSA) is 75.5 Å². The van der Waals surface area contributed by atoms with E-state index in [1.165, 1.54) is 6.20 Å². The maximum atomic E-state index is 12.1. The first-order valence-electron chi connectivity index (χ1n) is 7.69. The van der Waals surface area contributed by atoms with Crippen LogP contribution in [0.3, 0.4) is 0 Å². The van der Waals surface area contributed by atoms with Gasteiger partial charge in [-0.1, -0.05) is 12.1 Å². The number of rotatable bonds is 6. The van der Waals surface area contributed by atoms with Gasteiger partial charge >= 0.3 is 5.97 Å². The van der Waals surface area contributed by atoms with Crippen molar-refractivity contribution in [3.05, 3.63) is 36.0 Å². The number of anilines is 1. The van der Waals surface area contributed by atoms with Gasteiger partial charge in [-0.05, 0) is 32.9 Å². The molecule has 0 aliphatic heterocycles. The minimum Gasteiger partial charge on any atom is -0.507 e. The molecule has 1 N–H and O–H groups in total. The zero-order valence-electron chi connectivity index (χ0n) is 13.6. The van der Waals surface area contributed by atoms with Gasteiger partial charge in [-0.3, -0.25) is 0 Å². The molecule has 1 heterocycles. The Balaban J connectivity index is 2.55. The summed E-state index contributed by atoms with van der Waals surface area (Å²) in [6.45, 7) is 7.41. The number of nitrogens with zero attached hydrogens (tertiary/aromatic N) is 3. The Morgan fingerprint density at radius 3 is 2.52 bits per heavy atom. The third-order valence-electron chi connectivity index (χ3n) is 3.47. The summed E-state index contributed by atoms with van der Waals surface area (Å²) in [6.07, 6.45) is 1.46. The van der Waals surface area contributed by atoms with E-state index in [-0.39, 0.29) is 12.4 Å². The number of aromatic hydroxyl groups is 1. The normalized spacial score (nSPS) is 10.4. The molecule has 0 fully saturated rings. The van der Waals surface area contributed by atoms with Crippen molar-refractivity contribution in [3.63, 3.8) is 0 Å². The van der Waals surface area contributed by atoms with Crippen LogP contribution in [0.4, 0.5) is 5.82 Å². The number of hydrogen-bond donors (Lipinski definition) is 1. The summed E-state index contributed by atoms with van der Waals surface area (Å²) in [4.78, 5) is 22.8. The third-order valence-corrected chi connectivity index (χ3v) is 3.47. The Bertz CT molecular complexity index is 685. The number of carbonyl (C=O) groups excluding carboxylic acids is 1. The number of para-hydroxylation sites is 1. The fraction of sp³-hybridized carbons (Fsp3) is 0.353. The maximum absolute atomic E-state index is 12.1. The van der Waals surface area contributed by atoms with Crippen LogP contribution in [0.15, 0.2) is 30.5 Å². The van der Waals surface area contributed by atoms with Gasteiger partial charge in [-0.25, -0.2) is 14.8 Å². The van der Waals surface area contributed by atoms with E-state index in [1.54, 1.807) is 31.2 Å². The van der Waals surface area contributed by atoms with Crippen molar-refractivity contribution < 1.29 is 14.6 Å². The van der Waals surface area contributed by atoms with Gasteiger partial charge in [0.15, 0.2) is 5.82 Å². The molecule has 1 aromatic heterocycles. The average molecular weight is 315 g/mol. The van der Waals surface area contributed by atoms with E-state index in [1.807, 2.05) is 18.7 Å². The van der Waals surface area contributed by atoms with Gasteiger partial charge < -0.3 is 14.7 Å². The molecule has 0 saturated carbocycles. The summed E-state index contributed by atoms with van der Waals surface area (Å²) < 4.78 is 5.08. The lowest BCUT2D eigenvalue weighted by Crippen LogP contribution is -2.26. The third kappa shape index (κ3) is 3.59. The summed E-state index contributed by atoms with van der Waals surface area (Å²) in [5.74, 6) is 0.542. The first-order chi connectivity index (χ1) is 11.1. The molecule has 0 atom stereocenters. The van der Waals surface area contributed by atoms with E-state index >= 15 is 0 Å². The number of hydrogen-bond acceptors (Lipinski definition) is 6. The van der Waals surface area contributed by atoms with Gasteiger partial charge in [0.2, 0.25) is 0 Å². The molecule has 0 saturated heterocycles. The summed E-state index contributed by atoms with van der Waals surface area (Å²) in [6, 6.07) is 6.85. The van der Waals surface area contributed by atoms with Crippen LogP contribution in [0, 0.1) is 0 Å². The van der Waals surface area contributed by atoms with E-state index in [4.69, 9.17) is 4.74 Å². The van der Waals surface area contributed by atoms with Crippen molar-refractivity contribution >= 4 is 11.8 Å². The van der Waals surface area contributed by atoms with E-state index in [0.29, 0.717) is 35.9 Å². The van der Waals surface area contributed by atoms with Crippen molar-refractivity contribution in [2.24, 2.45) is 0 Å². The zero-order chi connectivity index (χ0) is 16.8. The molecular weight excluding hydrogens is 294 g/mol. The molecule has 0 radical (unpaired) electrons.